The number of furan rings is 1. The zero-order chi connectivity index (χ0) is 21.2. The van der Waals surface area contributed by atoms with Gasteiger partial charge in [0, 0.05) is 29.5 Å². The van der Waals surface area contributed by atoms with Crippen LogP contribution in [0, 0.1) is 0 Å². The van der Waals surface area contributed by atoms with Crippen molar-refractivity contribution in [3.63, 3.8) is 0 Å². The maximum Gasteiger partial charge on any atom is 0.289 e. The van der Waals surface area contributed by atoms with E-state index in [2.05, 4.69) is 31.1 Å². The summed E-state index contributed by atoms with van der Waals surface area (Å²) in [6.45, 7) is 2.22. The van der Waals surface area contributed by atoms with Crippen molar-refractivity contribution in [1.29, 1.82) is 0 Å². The second-order valence-electron chi connectivity index (χ2n) is 7.86. The number of para-hydroxylation sites is 1. The molecule has 158 valence electrons. The van der Waals surface area contributed by atoms with Crippen LogP contribution in [-0.4, -0.2) is 29.0 Å². The van der Waals surface area contributed by atoms with Crippen LogP contribution in [-0.2, 0) is 6.54 Å². The first-order valence-electron chi connectivity index (χ1n) is 10.7. The van der Waals surface area contributed by atoms with E-state index in [-0.39, 0.29) is 11.7 Å². The zero-order valence-corrected chi connectivity index (χ0v) is 18.7. The van der Waals surface area contributed by atoms with E-state index >= 15 is 0 Å². The van der Waals surface area contributed by atoms with Gasteiger partial charge >= 0.3 is 0 Å². The molecule has 0 saturated carbocycles. The van der Waals surface area contributed by atoms with Crippen LogP contribution < -0.4 is 10.2 Å². The number of fused-ring (bicyclic) bond motifs is 3. The standard InChI is InChI=1S/C24H23BrN4O2/c25-17-9-7-8-16(14-17)15-26-24(30)22-27-20-18-10-3-4-11-19(18)31-21(20)23(28-22)29-12-5-1-2-6-13-29/h3-4,7-11,14H,1-2,5-6,12-13,15H2,(H,26,30). The molecule has 4 aromatic rings. The van der Waals surface area contributed by atoms with Crippen LogP contribution in [0.15, 0.2) is 57.4 Å². The number of carbonyl (C=O) groups is 1. The molecule has 5 rings (SSSR count). The second-order valence-corrected chi connectivity index (χ2v) is 8.78. The number of aromatic nitrogens is 2. The van der Waals surface area contributed by atoms with Gasteiger partial charge in [-0.25, -0.2) is 9.97 Å². The lowest BCUT2D eigenvalue weighted by Gasteiger charge is -2.21. The Morgan fingerprint density at radius 3 is 2.65 bits per heavy atom. The summed E-state index contributed by atoms with van der Waals surface area (Å²) < 4.78 is 7.13. The lowest BCUT2D eigenvalue weighted by Crippen LogP contribution is -2.29. The summed E-state index contributed by atoms with van der Waals surface area (Å²) in [5.41, 5.74) is 3.11. The molecule has 0 unspecified atom stereocenters. The first kappa shape index (κ1) is 20.0. The van der Waals surface area contributed by atoms with Gasteiger partial charge in [0.15, 0.2) is 11.4 Å². The number of anilines is 1. The molecule has 1 saturated heterocycles. The van der Waals surface area contributed by atoms with Crippen LogP contribution in [0.5, 0.6) is 0 Å². The lowest BCUT2D eigenvalue weighted by molar-refractivity contribution is 0.0941. The molecule has 6 nitrogen and oxygen atoms in total. The minimum absolute atomic E-state index is 0.174. The predicted octanol–water partition coefficient (Wildman–Crippen LogP) is 5.45. The van der Waals surface area contributed by atoms with Crippen molar-refractivity contribution in [2.24, 2.45) is 0 Å². The predicted molar refractivity (Wildman–Crippen MR) is 125 cm³/mol. The van der Waals surface area contributed by atoms with Crippen molar-refractivity contribution in [1.82, 2.24) is 15.3 Å². The molecule has 3 heterocycles. The molecule has 1 aliphatic rings. The van der Waals surface area contributed by atoms with Crippen LogP contribution in [0.2, 0.25) is 0 Å². The first-order valence-corrected chi connectivity index (χ1v) is 11.5. The highest BCUT2D eigenvalue weighted by Crippen LogP contribution is 2.33. The number of hydrogen-bond acceptors (Lipinski definition) is 5. The molecule has 2 aromatic carbocycles. The number of hydrogen-bond donors (Lipinski definition) is 1. The van der Waals surface area contributed by atoms with Gasteiger partial charge in [-0.15, -0.1) is 0 Å². The zero-order valence-electron chi connectivity index (χ0n) is 17.1. The molecular weight excluding hydrogens is 456 g/mol. The van der Waals surface area contributed by atoms with Gasteiger partial charge < -0.3 is 14.6 Å². The topological polar surface area (TPSA) is 71.3 Å². The molecule has 2 aromatic heterocycles. The maximum absolute atomic E-state index is 13.0. The number of amides is 1. The Hall–Kier alpha value is -2.93. The summed E-state index contributed by atoms with van der Waals surface area (Å²) in [7, 11) is 0. The number of nitrogens with zero attached hydrogens (tertiary/aromatic N) is 3. The van der Waals surface area contributed by atoms with Gasteiger partial charge in [-0.3, -0.25) is 4.79 Å². The van der Waals surface area contributed by atoms with Crippen LogP contribution in [0.1, 0.15) is 41.9 Å². The summed E-state index contributed by atoms with van der Waals surface area (Å²) >= 11 is 3.47. The smallest absolute Gasteiger partial charge is 0.289 e. The Labute approximate surface area is 188 Å². The number of nitrogens with one attached hydrogen (secondary N) is 1. The largest absolute Gasteiger partial charge is 0.450 e. The van der Waals surface area contributed by atoms with Crippen molar-refractivity contribution in [3.8, 4) is 0 Å². The molecule has 0 bridgehead atoms. The van der Waals surface area contributed by atoms with Crippen molar-refractivity contribution >= 4 is 49.7 Å². The van der Waals surface area contributed by atoms with Crippen molar-refractivity contribution in [2.75, 3.05) is 18.0 Å². The fourth-order valence-corrected chi connectivity index (χ4v) is 4.53. The summed E-state index contributed by atoms with van der Waals surface area (Å²) in [6, 6.07) is 15.7. The second kappa shape index (κ2) is 8.67. The number of halogens is 1. The Morgan fingerprint density at radius 1 is 1.03 bits per heavy atom. The molecule has 1 fully saturated rings. The van der Waals surface area contributed by atoms with E-state index in [1.54, 1.807) is 0 Å². The van der Waals surface area contributed by atoms with Gasteiger partial charge in [-0.2, -0.15) is 0 Å². The van der Waals surface area contributed by atoms with E-state index in [1.807, 2.05) is 48.5 Å². The van der Waals surface area contributed by atoms with Gasteiger partial charge in [0.1, 0.15) is 11.1 Å². The van der Waals surface area contributed by atoms with Crippen molar-refractivity contribution < 1.29 is 9.21 Å². The minimum Gasteiger partial charge on any atom is -0.450 e. The third-order valence-corrected chi connectivity index (χ3v) is 6.15. The average molecular weight is 479 g/mol. The normalized spacial score (nSPS) is 14.7. The quantitative estimate of drug-likeness (QED) is 0.422. The Bertz CT molecular complexity index is 1250. The first-order chi connectivity index (χ1) is 15.2. The molecule has 31 heavy (non-hydrogen) atoms. The molecule has 1 N–H and O–H groups in total. The third kappa shape index (κ3) is 4.14. The number of carbonyl (C=O) groups excluding carboxylic acids is 1. The van der Waals surface area contributed by atoms with Crippen LogP contribution in [0.3, 0.4) is 0 Å². The minimum atomic E-state index is -0.289. The molecule has 0 spiro atoms. The Morgan fingerprint density at radius 2 is 1.84 bits per heavy atom. The van der Waals surface area contributed by atoms with Crippen molar-refractivity contribution in [2.45, 2.75) is 32.2 Å². The van der Waals surface area contributed by atoms with Crippen LogP contribution in [0.25, 0.3) is 22.1 Å². The molecule has 1 aliphatic heterocycles. The van der Waals surface area contributed by atoms with Crippen LogP contribution >= 0.6 is 15.9 Å². The van der Waals surface area contributed by atoms with Crippen molar-refractivity contribution in [3.05, 3.63) is 64.4 Å². The average Bonchev–Trinajstić information content (AvgIpc) is 2.95. The van der Waals surface area contributed by atoms with Gasteiger partial charge in [0.2, 0.25) is 5.82 Å². The monoisotopic (exact) mass is 478 g/mol. The molecule has 0 radical (unpaired) electrons. The van der Waals surface area contributed by atoms with E-state index in [9.17, 15) is 4.79 Å². The molecule has 1 amide bonds. The van der Waals surface area contributed by atoms with E-state index < -0.39 is 0 Å². The molecule has 0 atom stereocenters. The Balaban J connectivity index is 1.54. The van der Waals surface area contributed by atoms with Gasteiger partial charge in [-0.05, 0) is 42.7 Å². The Kier molecular flexibility index (Phi) is 5.59. The number of rotatable bonds is 4. The maximum atomic E-state index is 13.0. The summed E-state index contributed by atoms with van der Waals surface area (Å²) in [6.07, 6.45) is 4.64. The van der Waals surface area contributed by atoms with Gasteiger partial charge in [0.25, 0.3) is 5.91 Å². The summed E-state index contributed by atoms with van der Waals surface area (Å²) in [5.74, 6) is 0.604. The lowest BCUT2D eigenvalue weighted by atomic mass is 10.2. The van der Waals surface area contributed by atoms with E-state index in [1.165, 1.54) is 12.8 Å². The molecule has 0 aliphatic carbocycles. The SMILES string of the molecule is O=C(NCc1cccc(Br)c1)c1nc(N2CCCCCC2)c2oc3ccccc3c2n1. The third-order valence-electron chi connectivity index (χ3n) is 5.65. The molecular formula is C24H23BrN4O2. The number of benzene rings is 2. The fraction of sp³-hybridized carbons (Fsp3) is 0.292. The highest BCUT2D eigenvalue weighted by atomic mass is 79.9. The highest BCUT2D eigenvalue weighted by Gasteiger charge is 2.23. The summed E-state index contributed by atoms with van der Waals surface area (Å²) in [5, 5.41) is 3.86. The molecule has 7 heteroatoms. The van der Waals surface area contributed by atoms with E-state index in [0.717, 1.165) is 52.8 Å². The van der Waals surface area contributed by atoms with Gasteiger partial charge in [0.05, 0.1) is 0 Å². The van der Waals surface area contributed by atoms with E-state index in [4.69, 9.17) is 9.40 Å². The fourth-order valence-electron chi connectivity index (χ4n) is 4.08. The summed E-state index contributed by atoms with van der Waals surface area (Å²) in [4.78, 5) is 24.6. The van der Waals surface area contributed by atoms with Crippen LogP contribution in [0.4, 0.5) is 5.82 Å². The van der Waals surface area contributed by atoms with Gasteiger partial charge in [-0.1, -0.05) is 53.0 Å². The van der Waals surface area contributed by atoms with E-state index in [0.29, 0.717) is 17.6 Å². The highest BCUT2D eigenvalue weighted by molar-refractivity contribution is 9.10.